The van der Waals surface area contributed by atoms with Gasteiger partial charge in [0.25, 0.3) is 11.8 Å². The molecule has 3 N–H and O–H groups in total. The van der Waals surface area contributed by atoms with E-state index < -0.39 is 29.6 Å². The van der Waals surface area contributed by atoms with Crippen LogP contribution in [0.5, 0.6) is 0 Å². The monoisotopic (exact) mass is 573 g/mol. The minimum absolute atomic E-state index is 0.0542. The molecule has 2 amide bonds. The average Bonchev–Trinajstić information content (AvgIpc) is 3.49. The average molecular weight is 574 g/mol. The van der Waals surface area contributed by atoms with E-state index in [-0.39, 0.29) is 41.3 Å². The highest BCUT2D eigenvalue weighted by molar-refractivity contribution is 5.97. The summed E-state index contributed by atoms with van der Waals surface area (Å²) in [4.78, 5) is 45.6. The number of aromatic nitrogens is 6. The molecule has 0 spiro atoms. The predicted octanol–water partition coefficient (Wildman–Crippen LogP) is 2.16. The molecule has 0 bridgehead atoms. The Morgan fingerprint density at radius 1 is 1.10 bits per heavy atom. The number of halogens is 4. The molecule has 1 fully saturated rings. The maximum Gasteiger partial charge on any atom is 0.482 e. The molecular weight excluding hydrogens is 550 g/mol. The van der Waals surface area contributed by atoms with Crippen LogP contribution in [0.25, 0.3) is 0 Å². The van der Waals surface area contributed by atoms with E-state index in [2.05, 4.69) is 31.0 Å². The Hall–Kier alpha value is -4.89. The smallest absolute Gasteiger partial charge is 0.347 e. The van der Waals surface area contributed by atoms with Crippen molar-refractivity contribution in [3.8, 4) is 0 Å². The van der Waals surface area contributed by atoms with Crippen LogP contribution in [-0.4, -0.2) is 53.9 Å². The maximum atomic E-state index is 13.7. The zero-order valence-corrected chi connectivity index (χ0v) is 21.4. The fourth-order valence-electron chi connectivity index (χ4n) is 4.72. The summed E-state index contributed by atoms with van der Waals surface area (Å²) in [6.45, 7) is -0.218. The van der Waals surface area contributed by atoms with Gasteiger partial charge in [0.15, 0.2) is 0 Å². The van der Waals surface area contributed by atoms with Gasteiger partial charge in [-0.25, -0.2) is 19.2 Å². The number of aryl methyl sites for hydroxylation is 1. The maximum absolute atomic E-state index is 13.7. The molecule has 214 valence electrons. The second-order valence-electron chi connectivity index (χ2n) is 9.46. The third kappa shape index (κ3) is 6.15. The lowest BCUT2D eigenvalue weighted by Gasteiger charge is -2.20. The molecule has 2 aliphatic carbocycles. The molecule has 0 aliphatic heterocycles. The van der Waals surface area contributed by atoms with E-state index >= 15 is 0 Å². The molecule has 2 atom stereocenters. The summed E-state index contributed by atoms with van der Waals surface area (Å²) < 4.78 is 53.9. The van der Waals surface area contributed by atoms with Gasteiger partial charge >= 0.3 is 12.0 Å². The normalized spacial score (nSPS) is 18.3. The summed E-state index contributed by atoms with van der Waals surface area (Å²) in [5, 5.41) is 14.1. The molecule has 2 aromatic heterocycles. The lowest BCUT2D eigenvalue weighted by molar-refractivity contribution is -0.100. The standard InChI is InChI=1S/C25H23F4N9O3/c1-37-24(41)38(36-35-37)15-4-5-16-14(9-15)3-7-18(16)33-23(40)21-10-20(31-12-32-21)22(39)30-11-13-2-6-17(26)19(8-13)34-25(27,28)29/h2,5-6,8-10,12,15,18,34H,3-4,7,11H2,1H3,(H,30,39)(H,33,40)/t15?,18-/m0/s1. The first kappa shape index (κ1) is 27.7. The van der Waals surface area contributed by atoms with Crippen molar-refractivity contribution in [3.63, 3.8) is 0 Å². The van der Waals surface area contributed by atoms with Crippen LogP contribution in [0.1, 0.15) is 51.8 Å². The topological polar surface area (TPSA) is 149 Å². The number of anilines is 1. The first-order chi connectivity index (χ1) is 19.5. The highest BCUT2D eigenvalue weighted by Crippen LogP contribution is 2.37. The van der Waals surface area contributed by atoms with Crippen molar-refractivity contribution in [2.45, 2.75) is 44.2 Å². The third-order valence-corrected chi connectivity index (χ3v) is 6.68. The largest absolute Gasteiger partial charge is 0.482 e. The number of amides is 2. The van der Waals surface area contributed by atoms with Crippen molar-refractivity contribution < 1.29 is 27.2 Å². The SMILES string of the molecule is Cn1nnn(C2C=C3CC[C@H](NC(=O)c4cc(C(=O)NCc5ccc(F)c(NC(F)(F)F)c5)ncn4)C3=CC2)c1=O. The molecule has 1 saturated carbocycles. The number of hydrogen-bond donors (Lipinski definition) is 3. The summed E-state index contributed by atoms with van der Waals surface area (Å²) in [7, 11) is 1.52. The van der Waals surface area contributed by atoms with Crippen LogP contribution in [0, 0.1) is 5.82 Å². The number of fused-ring (bicyclic) bond motifs is 1. The van der Waals surface area contributed by atoms with Crippen LogP contribution < -0.4 is 21.6 Å². The van der Waals surface area contributed by atoms with Crippen LogP contribution in [0.4, 0.5) is 23.2 Å². The number of rotatable bonds is 7. The highest BCUT2D eigenvalue weighted by Gasteiger charge is 2.32. The van der Waals surface area contributed by atoms with Crippen molar-refractivity contribution in [3.05, 3.63) is 87.1 Å². The second-order valence-corrected chi connectivity index (χ2v) is 9.46. The summed E-state index contributed by atoms with van der Waals surface area (Å²) in [6.07, 6.45) is 1.96. The van der Waals surface area contributed by atoms with Crippen molar-refractivity contribution in [2.75, 3.05) is 5.32 Å². The second kappa shape index (κ2) is 10.9. The van der Waals surface area contributed by atoms with E-state index in [1.165, 1.54) is 23.9 Å². The number of nitrogens with one attached hydrogen (secondary N) is 3. The number of tetrazole rings is 1. The van der Waals surface area contributed by atoms with Gasteiger partial charge in [-0.15, -0.1) is 0 Å². The molecule has 12 nitrogen and oxygen atoms in total. The zero-order valence-electron chi connectivity index (χ0n) is 21.4. The first-order valence-corrected chi connectivity index (χ1v) is 12.4. The van der Waals surface area contributed by atoms with Crippen LogP contribution >= 0.6 is 0 Å². The Labute approximate surface area is 229 Å². The van der Waals surface area contributed by atoms with E-state index in [1.54, 1.807) is 0 Å². The molecule has 1 unspecified atom stereocenters. The number of hydrogen-bond acceptors (Lipinski definition) is 8. The van der Waals surface area contributed by atoms with Gasteiger partial charge in [0.2, 0.25) is 0 Å². The van der Waals surface area contributed by atoms with Gasteiger partial charge in [0.1, 0.15) is 23.5 Å². The summed E-state index contributed by atoms with van der Waals surface area (Å²) in [6, 6.07) is 3.65. The van der Waals surface area contributed by atoms with Gasteiger partial charge in [-0.2, -0.15) is 22.5 Å². The lowest BCUT2D eigenvalue weighted by Crippen LogP contribution is -2.35. The zero-order chi connectivity index (χ0) is 29.3. The third-order valence-electron chi connectivity index (χ3n) is 6.68. The van der Waals surface area contributed by atoms with Gasteiger partial charge in [0, 0.05) is 19.7 Å². The Bertz CT molecular complexity index is 1630. The van der Waals surface area contributed by atoms with Crippen molar-refractivity contribution in [2.24, 2.45) is 7.05 Å². The van der Waals surface area contributed by atoms with E-state index in [0.717, 1.165) is 39.6 Å². The van der Waals surface area contributed by atoms with Gasteiger partial charge < -0.3 is 10.6 Å². The Morgan fingerprint density at radius 2 is 1.85 bits per heavy atom. The molecular formula is C25H23F4N9O3. The minimum atomic E-state index is -4.83. The first-order valence-electron chi connectivity index (χ1n) is 12.4. The van der Waals surface area contributed by atoms with Gasteiger partial charge in [-0.3, -0.25) is 14.9 Å². The molecule has 5 rings (SSSR count). The van der Waals surface area contributed by atoms with Gasteiger partial charge in [-0.05, 0) is 58.5 Å². The number of nitrogens with zero attached hydrogens (tertiary/aromatic N) is 6. The Morgan fingerprint density at radius 3 is 2.56 bits per heavy atom. The van der Waals surface area contributed by atoms with E-state index in [1.807, 2.05) is 12.2 Å². The minimum Gasteiger partial charge on any atom is -0.347 e. The number of benzene rings is 1. The van der Waals surface area contributed by atoms with Crippen molar-refractivity contribution in [1.29, 1.82) is 0 Å². The van der Waals surface area contributed by atoms with Gasteiger partial charge in [-0.1, -0.05) is 18.2 Å². The number of carbonyl (C=O) groups is 2. The summed E-state index contributed by atoms with van der Waals surface area (Å²) in [5.74, 6) is -2.33. The van der Waals surface area contributed by atoms with Crippen molar-refractivity contribution >= 4 is 17.5 Å². The van der Waals surface area contributed by atoms with Crippen LogP contribution in [0.2, 0.25) is 0 Å². The molecule has 16 heteroatoms. The number of allylic oxidation sites excluding steroid dienone is 2. The fourth-order valence-corrected chi connectivity index (χ4v) is 4.72. The molecule has 41 heavy (non-hydrogen) atoms. The van der Waals surface area contributed by atoms with Crippen molar-refractivity contribution in [1.82, 2.24) is 40.4 Å². The Balaban J connectivity index is 1.20. The summed E-state index contributed by atoms with van der Waals surface area (Å²) >= 11 is 0. The fraction of sp³-hybridized carbons (Fsp3) is 0.320. The van der Waals surface area contributed by atoms with E-state index in [4.69, 9.17) is 0 Å². The predicted molar refractivity (Wildman–Crippen MR) is 135 cm³/mol. The molecule has 0 saturated heterocycles. The molecule has 2 heterocycles. The molecule has 3 aromatic rings. The number of carbonyl (C=O) groups excluding carboxylic acids is 2. The summed E-state index contributed by atoms with van der Waals surface area (Å²) in [5.41, 5.74) is 0.857. The van der Waals surface area contributed by atoms with Gasteiger partial charge in [0.05, 0.1) is 17.8 Å². The van der Waals surface area contributed by atoms with E-state index in [0.29, 0.717) is 19.3 Å². The quantitative estimate of drug-likeness (QED) is 0.288. The molecule has 1 aromatic carbocycles. The van der Waals surface area contributed by atoms with Crippen LogP contribution in [0.3, 0.4) is 0 Å². The lowest BCUT2D eigenvalue weighted by atomic mass is 9.95. The highest BCUT2D eigenvalue weighted by atomic mass is 19.4. The number of alkyl halides is 3. The molecule has 0 radical (unpaired) electrons. The Kier molecular flexibility index (Phi) is 7.38. The molecule has 2 aliphatic rings. The van der Waals surface area contributed by atoms with Crippen LogP contribution in [-0.2, 0) is 13.6 Å². The van der Waals surface area contributed by atoms with E-state index in [9.17, 15) is 31.9 Å². The van der Waals surface area contributed by atoms with Crippen LogP contribution in [0.15, 0.2) is 58.7 Å².